The summed E-state index contributed by atoms with van der Waals surface area (Å²) in [6.45, 7) is 5.79. The van der Waals surface area contributed by atoms with Gasteiger partial charge in [-0.25, -0.2) is 0 Å². The molecule has 8 heteroatoms. The van der Waals surface area contributed by atoms with Crippen molar-refractivity contribution in [1.82, 2.24) is 15.1 Å². The molecule has 1 aliphatic heterocycles. The van der Waals surface area contributed by atoms with Gasteiger partial charge in [0.1, 0.15) is 18.1 Å². The van der Waals surface area contributed by atoms with Gasteiger partial charge in [0.25, 0.3) is 0 Å². The topological polar surface area (TPSA) is 94.9 Å². The molecule has 0 unspecified atom stereocenters. The maximum Gasteiger partial charge on any atom is 0.125 e. The molecule has 8 nitrogen and oxygen atoms in total. The van der Waals surface area contributed by atoms with E-state index in [9.17, 15) is 0 Å². The van der Waals surface area contributed by atoms with Crippen LogP contribution in [0.2, 0.25) is 0 Å². The standard InChI is InChI=1S/C28H36N4O4/c1-33-27-8-6-22(26-10-11-30-31-26)18-23(27)20-34-15-4-5-16-35-21-24-19-25(29)7-9-28(24)36-17-14-32-12-2-3-13-32/h4-11,18-19H,2-3,12-17,20-21,29H2,1H3,(H,30,31)/b5-4+. The zero-order valence-corrected chi connectivity index (χ0v) is 20.9. The van der Waals surface area contributed by atoms with Gasteiger partial charge in [0.2, 0.25) is 0 Å². The van der Waals surface area contributed by atoms with E-state index in [1.165, 1.54) is 25.9 Å². The smallest absolute Gasteiger partial charge is 0.125 e. The van der Waals surface area contributed by atoms with E-state index < -0.39 is 0 Å². The maximum atomic E-state index is 6.03. The van der Waals surface area contributed by atoms with Crippen molar-refractivity contribution in [2.45, 2.75) is 26.1 Å². The van der Waals surface area contributed by atoms with Crippen LogP contribution in [0.3, 0.4) is 0 Å². The lowest BCUT2D eigenvalue weighted by Crippen LogP contribution is -2.25. The predicted molar refractivity (Wildman–Crippen MR) is 141 cm³/mol. The van der Waals surface area contributed by atoms with E-state index in [1.807, 2.05) is 48.6 Å². The molecule has 36 heavy (non-hydrogen) atoms. The molecule has 0 radical (unpaired) electrons. The summed E-state index contributed by atoms with van der Waals surface area (Å²) in [5.41, 5.74) is 10.6. The Kier molecular flexibility index (Phi) is 9.78. The lowest BCUT2D eigenvalue weighted by Gasteiger charge is -2.17. The summed E-state index contributed by atoms with van der Waals surface area (Å²) in [6, 6.07) is 13.6. The average molecular weight is 493 g/mol. The number of nitrogens with one attached hydrogen (secondary N) is 1. The highest BCUT2D eigenvalue weighted by atomic mass is 16.5. The molecule has 2 heterocycles. The Morgan fingerprint density at radius 3 is 2.36 bits per heavy atom. The van der Waals surface area contributed by atoms with Gasteiger partial charge in [-0.3, -0.25) is 10.00 Å². The lowest BCUT2D eigenvalue weighted by molar-refractivity contribution is 0.137. The van der Waals surface area contributed by atoms with Gasteiger partial charge in [0.05, 0.1) is 39.2 Å². The maximum absolute atomic E-state index is 6.03. The molecule has 3 aromatic rings. The zero-order chi connectivity index (χ0) is 25.0. The number of H-pyrrole nitrogens is 1. The number of aromatic nitrogens is 2. The number of aromatic amines is 1. The molecule has 4 rings (SSSR count). The molecule has 0 saturated carbocycles. The number of ether oxygens (including phenoxy) is 4. The molecule has 0 bridgehead atoms. The van der Waals surface area contributed by atoms with Crippen molar-refractivity contribution in [2.24, 2.45) is 0 Å². The third-order valence-corrected chi connectivity index (χ3v) is 6.15. The number of rotatable bonds is 14. The molecular weight excluding hydrogens is 456 g/mol. The largest absolute Gasteiger partial charge is 0.496 e. The van der Waals surface area contributed by atoms with Crippen molar-refractivity contribution >= 4 is 5.69 Å². The van der Waals surface area contributed by atoms with Crippen LogP contribution in [-0.4, -0.2) is 61.7 Å². The molecule has 192 valence electrons. The van der Waals surface area contributed by atoms with E-state index in [0.717, 1.165) is 40.4 Å². The van der Waals surface area contributed by atoms with Gasteiger partial charge >= 0.3 is 0 Å². The number of anilines is 1. The highest BCUT2D eigenvalue weighted by Crippen LogP contribution is 2.26. The van der Waals surface area contributed by atoms with Crippen LogP contribution < -0.4 is 15.2 Å². The molecular formula is C28H36N4O4. The number of hydrogen-bond donors (Lipinski definition) is 2. The van der Waals surface area contributed by atoms with Crippen LogP contribution in [0, 0.1) is 0 Å². The first-order valence-electron chi connectivity index (χ1n) is 12.4. The minimum Gasteiger partial charge on any atom is -0.496 e. The fraction of sp³-hybridized carbons (Fsp3) is 0.393. The normalized spacial score (nSPS) is 14.0. The Morgan fingerprint density at radius 1 is 0.944 bits per heavy atom. The summed E-state index contributed by atoms with van der Waals surface area (Å²) in [7, 11) is 1.66. The number of nitrogen functional groups attached to an aromatic ring is 1. The molecule has 1 aromatic heterocycles. The Bertz CT molecular complexity index is 1090. The number of likely N-dealkylation sites (tertiary alicyclic amines) is 1. The summed E-state index contributed by atoms with van der Waals surface area (Å²) in [5, 5.41) is 6.99. The lowest BCUT2D eigenvalue weighted by atomic mass is 10.1. The molecule has 1 fully saturated rings. The van der Waals surface area contributed by atoms with Crippen molar-refractivity contribution in [1.29, 1.82) is 0 Å². The molecule has 2 aromatic carbocycles. The van der Waals surface area contributed by atoms with E-state index in [1.54, 1.807) is 13.3 Å². The van der Waals surface area contributed by atoms with Crippen molar-refractivity contribution < 1.29 is 18.9 Å². The Balaban J connectivity index is 1.18. The monoisotopic (exact) mass is 492 g/mol. The third-order valence-electron chi connectivity index (χ3n) is 6.15. The van der Waals surface area contributed by atoms with Gasteiger partial charge in [-0.15, -0.1) is 0 Å². The van der Waals surface area contributed by atoms with E-state index in [-0.39, 0.29) is 0 Å². The number of hydrogen-bond acceptors (Lipinski definition) is 7. The van der Waals surface area contributed by atoms with Crippen LogP contribution >= 0.6 is 0 Å². The van der Waals surface area contributed by atoms with Gasteiger partial charge in [-0.05, 0) is 68.4 Å². The minimum atomic E-state index is 0.437. The molecule has 1 saturated heterocycles. The van der Waals surface area contributed by atoms with Crippen LogP contribution in [0.4, 0.5) is 5.69 Å². The second-order valence-electron chi connectivity index (χ2n) is 8.76. The van der Waals surface area contributed by atoms with Crippen molar-refractivity contribution in [2.75, 3.05) is 52.3 Å². The van der Waals surface area contributed by atoms with E-state index in [4.69, 9.17) is 24.7 Å². The molecule has 0 amide bonds. The average Bonchev–Trinajstić information content (AvgIpc) is 3.61. The highest BCUT2D eigenvalue weighted by molar-refractivity contribution is 5.61. The van der Waals surface area contributed by atoms with Gasteiger partial charge < -0.3 is 24.7 Å². The van der Waals surface area contributed by atoms with Gasteiger partial charge in [-0.2, -0.15) is 5.10 Å². The van der Waals surface area contributed by atoms with Crippen LogP contribution in [0.5, 0.6) is 11.5 Å². The Hall–Kier alpha value is -3.33. The van der Waals surface area contributed by atoms with Crippen molar-refractivity contribution in [3.63, 3.8) is 0 Å². The summed E-state index contributed by atoms with van der Waals surface area (Å²) >= 11 is 0. The second kappa shape index (κ2) is 13.7. The summed E-state index contributed by atoms with van der Waals surface area (Å²) < 4.78 is 23.2. The van der Waals surface area contributed by atoms with Gasteiger partial charge in [0.15, 0.2) is 0 Å². The fourth-order valence-corrected chi connectivity index (χ4v) is 4.23. The fourth-order valence-electron chi connectivity index (χ4n) is 4.23. The minimum absolute atomic E-state index is 0.437. The number of benzene rings is 2. The highest BCUT2D eigenvalue weighted by Gasteiger charge is 2.12. The first-order chi connectivity index (χ1) is 17.7. The predicted octanol–water partition coefficient (Wildman–Crippen LogP) is 4.43. The summed E-state index contributed by atoms with van der Waals surface area (Å²) in [5.74, 6) is 1.63. The molecule has 3 N–H and O–H groups in total. The molecule has 0 atom stereocenters. The number of nitrogens with two attached hydrogens (primary N) is 1. The van der Waals surface area contributed by atoms with E-state index in [0.29, 0.717) is 38.7 Å². The first-order valence-corrected chi connectivity index (χ1v) is 12.4. The van der Waals surface area contributed by atoms with Gasteiger partial charge in [0, 0.05) is 35.1 Å². The first kappa shape index (κ1) is 25.8. The van der Waals surface area contributed by atoms with Crippen LogP contribution in [0.15, 0.2) is 60.8 Å². The Morgan fingerprint density at radius 2 is 1.67 bits per heavy atom. The van der Waals surface area contributed by atoms with Crippen LogP contribution in [0.25, 0.3) is 11.3 Å². The van der Waals surface area contributed by atoms with Crippen molar-refractivity contribution in [3.8, 4) is 22.8 Å². The third kappa shape index (κ3) is 7.58. The van der Waals surface area contributed by atoms with E-state index >= 15 is 0 Å². The Labute approximate surface area is 213 Å². The summed E-state index contributed by atoms with van der Waals surface area (Å²) in [4.78, 5) is 2.44. The molecule has 0 spiro atoms. The van der Waals surface area contributed by atoms with E-state index in [2.05, 4.69) is 21.2 Å². The molecule has 0 aliphatic carbocycles. The SMILES string of the molecule is COc1ccc(-c2ccn[nH]2)cc1COC/C=C/COCc1cc(N)ccc1OCCN1CCCC1. The zero-order valence-electron chi connectivity index (χ0n) is 20.9. The quantitative estimate of drug-likeness (QED) is 0.195. The number of nitrogens with zero attached hydrogens (tertiary/aromatic N) is 2. The van der Waals surface area contributed by atoms with Gasteiger partial charge in [-0.1, -0.05) is 12.2 Å². The number of methoxy groups -OCH3 is 1. The van der Waals surface area contributed by atoms with Crippen LogP contribution in [-0.2, 0) is 22.7 Å². The second-order valence-corrected chi connectivity index (χ2v) is 8.76. The summed E-state index contributed by atoms with van der Waals surface area (Å²) in [6.07, 6.45) is 8.22. The molecule has 1 aliphatic rings. The van der Waals surface area contributed by atoms with Crippen LogP contribution in [0.1, 0.15) is 24.0 Å². The van der Waals surface area contributed by atoms with Crippen molar-refractivity contribution in [3.05, 3.63) is 71.9 Å².